The van der Waals surface area contributed by atoms with Gasteiger partial charge in [-0.1, -0.05) is 0 Å². The van der Waals surface area contributed by atoms with Crippen LogP contribution in [0.5, 0.6) is 0 Å². The molecule has 0 aliphatic carbocycles. The second kappa shape index (κ2) is 5.07. The average Bonchev–Trinajstić information content (AvgIpc) is 2.36. The molecule has 0 radical (unpaired) electrons. The second-order valence-corrected chi connectivity index (χ2v) is 4.71. The van der Waals surface area contributed by atoms with Gasteiger partial charge in [-0.3, -0.25) is 0 Å². The number of benzene rings is 1. The molecule has 5 heteroatoms. The first-order valence-corrected chi connectivity index (χ1v) is 6.08. The summed E-state index contributed by atoms with van der Waals surface area (Å²) in [5, 5.41) is 12.0. The number of nitrogens with one attached hydrogen (secondary N) is 1. The van der Waals surface area contributed by atoms with Crippen LogP contribution in [0.15, 0.2) is 34.9 Å². The zero-order valence-corrected chi connectivity index (χ0v) is 11.3. The molecule has 0 amide bonds. The predicted molar refractivity (Wildman–Crippen MR) is 75.5 cm³/mol. The fraction of sp³-hybridized carbons (Fsp3) is 0.0769. The highest BCUT2D eigenvalue weighted by molar-refractivity contribution is 9.10. The fourth-order valence-corrected chi connectivity index (χ4v) is 1.94. The van der Waals surface area contributed by atoms with E-state index in [0.717, 1.165) is 15.7 Å². The summed E-state index contributed by atoms with van der Waals surface area (Å²) >= 11 is 3.41. The van der Waals surface area contributed by atoms with Crippen molar-refractivity contribution in [3.8, 4) is 6.07 Å². The molecular formula is C13H11BrN4. The minimum Gasteiger partial charge on any atom is -0.397 e. The molecule has 4 nitrogen and oxygen atoms in total. The number of nitrogens with two attached hydrogens (primary N) is 1. The van der Waals surface area contributed by atoms with Gasteiger partial charge in [0, 0.05) is 4.47 Å². The summed E-state index contributed by atoms with van der Waals surface area (Å²) < 4.78 is 0.817. The summed E-state index contributed by atoms with van der Waals surface area (Å²) in [5.74, 6) is 0.715. The molecule has 0 unspecified atom stereocenters. The van der Waals surface area contributed by atoms with E-state index in [-0.39, 0.29) is 0 Å². The standard InChI is InChI=1S/C13H11BrN4/c1-8-4-13(17-7-11(8)16)18-12-3-2-9(6-15)5-10(12)14/h2-5,7H,16H2,1H3,(H,17,18). The van der Waals surface area contributed by atoms with Crippen LogP contribution in [-0.2, 0) is 0 Å². The van der Waals surface area contributed by atoms with E-state index in [0.29, 0.717) is 17.1 Å². The lowest BCUT2D eigenvalue weighted by atomic mass is 10.2. The van der Waals surface area contributed by atoms with E-state index in [9.17, 15) is 0 Å². The molecular weight excluding hydrogens is 292 g/mol. The molecule has 0 spiro atoms. The van der Waals surface area contributed by atoms with Crippen LogP contribution in [0, 0.1) is 18.3 Å². The van der Waals surface area contributed by atoms with Crippen molar-refractivity contribution >= 4 is 33.1 Å². The first kappa shape index (κ1) is 12.4. The van der Waals surface area contributed by atoms with Crippen LogP contribution in [0.4, 0.5) is 17.2 Å². The molecule has 0 atom stereocenters. The predicted octanol–water partition coefficient (Wildman–Crippen LogP) is 3.35. The topological polar surface area (TPSA) is 74.7 Å². The third kappa shape index (κ3) is 2.60. The first-order valence-electron chi connectivity index (χ1n) is 5.29. The molecule has 0 saturated carbocycles. The van der Waals surface area contributed by atoms with Gasteiger partial charge in [-0.2, -0.15) is 5.26 Å². The summed E-state index contributed by atoms with van der Waals surface area (Å²) in [6.07, 6.45) is 1.62. The number of anilines is 3. The lowest BCUT2D eigenvalue weighted by molar-refractivity contribution is 1.27. The number of aromatic nitrogens is 1. The van der Waals surface area contributed by atoms with Gasteiger partial charge in [0.05, 0.1) is 29.2 Å². The molecule has 2 rings (SSSR count). The maximum absolute atomic E-state index is 8.79. The van der Waals surface area contributed by atoms with Crippen molar-refractivity contribution in [3.05, 3.63) is 46.1 Å². The lowest BCUT2D eigenvalue weighted by Crippen LogP contribution is -1.98. The number of nitrogens with zero attached hydrogens (tertiary/aromatic N) is 2. The van der Waals surface area contributed by atoms with Gasteiger partial charge in [-0.15, -0.1) is 0 Å². The Labute approximate surface area is 114 Å². The number of rotatable bonds is 2. The number of nitrogen functional groups attached to an aromatic ring is 1. The Bertz CT molecular complexity index is 631. The monoisotopic (exact) mass is 302 g/mol. The van der Waals surface area contributed by atoms with E-state index in [1.165, 1.54) is 0 Å². The van der Waals surface area contributed by atoms with E-state index in [1.807, 2.05) is 19.1 Å². The number of pyridine rings is 1. The van der Waals surface area contributed by atoms with Gasteiger partial charge in [-0.25, -0.2) is 4.98 Å². The van der Waals surface area contributed by atoms with Crippen molar-refractivity contribution in [1.29, 1.82) is 5.26 Å². The van der Waals surface area contributed by atoms with Gasteiger partial charge >= 0.3 is 0 Å². The SMILES string of the molecule is Cc1cc(Nc2ccc(C#N)cc2Br)ncc1N. The Morgan fingerprint density at radius 1 is 1.39 bits per heavy atom. The summed E-state index contributed by atoms with van der Waals surface area (Å²) in [6, 6.07) is 9.29. The number of nitriles is 1. The Hall–Kier alpha value is -2.06. The van der Waals surface area contributed by atoms with Gasteiger partial charge in [0.1, 0.15) is 5.82 Å². The molecule has 2 aromatic rings. The third-order valence-electron chi connectivity index (χ3n) is 2.51. The molecule has 1 aromatic carbocycles. The van der Waals surface area contributed by atoms with Gasteiger partial charge in [0.2, 0.25) is 0 Å². The van der Waals surface area contributed by atoms with Crippen LogP contribution in [0.25, 0.3) is 0 Å². The van der Waals surface area contributed by atoms with Crippen LogP contribution in [0.1, 0.15) is 11.1 Å². The van der Waals surface area contributed by atoms with Crippen LogP contribution in [0.2, 0.25) is 0 Å². The minimum absolute atomic E-state index is 0.605. The average molecular weight is 303 g/mol. The van der Waals surface area contributed by atoms with Crippen molar-refractivity contribution < 1.29 is 0 Å². The fourth-order valence-electron chi connectivity index (χ4n) is 1.46. The van der Waals surface area contributed by atoms with Crippen molar-refractivity contribution in [2.75, 3.05) is 11.1 Å². The number of hydrogen-bond acceptors (Lipinski definition) is 4. The van der Waals surface area contributed by atoms with Gasteiger partial charge < -0.3 is 11.1 Å². The quantitative estimate of drug-likeness (QED) is 0.892. The van der Waals surface area contributed by atoms with Crippen molar-refractivity contribution in [1.82, 2.24) is 4.98 Å². The smallest absolute Gasteiger partial charge is 0.130 e. The molecule has 0 aliphatic heterocycles. The molecule has 0 bridgehead atoms. The largest absolute Gasteiger partial charge is 0.397 e. The van der Waals surface area contributed by atoms with Crippen molar-refractivity contribution in [3.63, 3.8) is 0 Å². The van der Waals surface area contributed by atoms with Crippen molar-refractivity contribution in [2.24, 2.45) is 0 Å². The highest BCUT2D eigenvalue weighted by Gasteiger charge is 2.04. The van der Waals surface area contributed by atoms with E-state index in [2.05, 4.69) is 32.3 Å². The minimum atomic E-state index is 0.605. The van der Waals surface area contributed by atoms with E-state index >= 15 is 0 Å². The summed E-state index contributed by atoms with van der Waals surface area (Å²) in [6.45, 7) is 1.93. The Balaban J connectivity index is 2.29. The van der Waals surface area contributed by atoms with Crippen LogP contribution < -0.4 is 11.1 Å². The van der Waals surface area contributed by atoms with Crippen molar-refractivity contribution in [2.45, 2.75) is 6.92 Å². The number of hydrogen-bond donors (Lipinski definition) is 2. The summed E-state index contributed by atoms with van der Waals surface area (Å²) in [5.41, 5.74) is 8.81. The van der Waals surface area contributed by atoms with Crippen LogP contribution >= 0.6 is 15.9 Å². The second-order valence-electron chi connectivity index (χ2n) is 3.86. The van der Waals surface area contributed by atoms with Gasteiger partial charge in [-0.05, 0) is 52.7 Å². The zero-order chi connectivity index (χ0) is 13.1. The highest BCUT2D eigenvalue weighted by Crippen LogP contribution is 2.26. The molecule has 18 heavy (non-hydrogen) atoms. The molecule has 0 fully saturated rings. The summed E-state index contributed by atoms with van der Waals surface area (Å²) in [4.78, 5) is 4.20. The van der Waals surface area contributed by atoms with Gasteiger partial charge in [0.25, 0.3) is 0 Å². The highest BCUT2D eigenvalue weighted by atomic mass is 79.9. The molecule has 0 saturated heterocycles. The van der Waals surface area contributed by atoms with Crippen LogP contribution in [-0.4, -0.2) is 4.98 Å². The lowest BCUT2D eigenvalue weighted by Gasteiger charge is -2.09. The Kier molecular flexibility index (Phi) is 3.49. The Morgan fingerprint density at radius 3 is 2.78 bits per heavy atom. The summed E-state index contributed by atoms with van der Waals surface area (Å²) in [7, 11) is 0. The van der Waals surface area contributed by atoms with E-state index in [4.69, 9.17) is 11.0 Å². The normalized spacial score (nSPS) is 9.83. The maximum Gasteiger partial charge on any atom is 0.130 e. The molecule has 1 aromatic heterocycles. The third-order valence-corrected chi connectivity index (χ3v) is 3.17. The molecule has 3 N–H and O–H groups in total. The van der Waals surface area contributed by atoms with E-state index < -0.39 is 0 Å². The molecule has 90 valence electrons. The Morgan fingerprint density at radius 2 is 2.17 bits per heavy atom. The zero-order valence-electron chi connectivity index (χ0n) is 9.74. The molecule has 1 heterocycles. The first-order chi connectivity index (χ1) is 8.60. The maximum atomic E-state index is 8.79. The van der Waals surface area contributed by atoms with E-state index in [1.54, 1.807) is 18.3 Å². The number of halogens is 1. The number of aryl methyl sites for hydroxylation is 1. The molecule has 0 aliphatic rings. The van der Waals surface area contributed by atoms with Crippen LogP contribution in [0.3, 0.4) is 0 Å². The van der Waals surface area contributed by atoms with Gasteiger partial charge in [0.15, 0.2) is 0 Å².